The van der Waals surface area contributed by atoms with Gasteiger partial charge >= 0.3 is 0 Å². The number of carbonyl (C=O) groups is 2. The Morgan fingerprint density at radius 2 is 1.52 bits per heavy atom. The van der Waals surface area contributed by atoms with E-state index in [1.807, 2.05) is 18.2 Å². The molecule has 146 valence electrons. The molecule has 2 rings (SSSR count). The third kappa shape index (κ3) is 4.56. The van der Waals surface area contributed by atoms with Gasteiger partial charge in [-0.1, -0.05) is 51.1 Å². The van der Waals surface area contributed by atoms with Crippen LogP contribution in [-0.2, 0) is 9.59 Å². The summed E-state index contributed by atoms with van der Waals surface area (Å²) in [5.74, 6) is 0.559. The number of carbonyl (C=O) groups excluding carboxylic acids is 2. The first-order valence-corrected chi connectivity index (χ1v) is 9.23. The van der Waals surface area contributed by atoms with Gasteiger partial charge in [-0.15, -0.1) is 0 Å². The van der Waals surface area contributed by atoms with Crippen molar-refractivity contribution in [3.63, 3.8) is 0 Å². The van der Waals surface area contributed by atoms with Crippen molar-refractivity contribution < 1.29 is 14.1 Å². The normalized spacial score (nSPS) is 11.7. The zero-order valence-electron chi connectivity index (χ0n) is 17.1. The summed E-state index contributed by atoms with van der Waals surface area (Å²) in [7, 11) is 0. The molecule has 0 unspecified atom stereocenters. The van der Waals surface area contributed by atoms with Gasteiger partial charge in [0.1, 0.15) is 11.2 Å². The predicted molar refractivity (Wildman–Crippen MR) is 107 cm³/mol. The van der Waals surface area contributed by atoms with Gasteiger partial charge in [0.05, 0.1) is 0 Å². The summed E-state index contributed by atoms with van der Waals surface area (Å²) < 4.78 is 4.95. The fourth-order valence-corrected chi connectivity index (χ4v) is 2.77. The van der Waals surface area contributed by atoms with Gasteiger partial charge in [-0.2, -0.15) is 0 Å². The molecule has 0 aliphatic heterocycles. The number of anilines is 2. The van der Waals surface area contributed by atoms with Crippen molar-refractivity contribution in [2.75, 3.05) is 10.6 Å². The first-order chi connectivity index (χ1) is 12.5. The van der Waals surface area contributed by atoms with Gasteiger partial charge in [0.15, 0.2) is 5.82 Å². The van der Waals surface area contributed by atoms with Gasteiger partial charge in [0, 0.05) is 11.8 Å². The number of nitrogens with zero attached hydrogens (tertiary/aromatic N) is 1. The van der Waals surface area contributed by atoms with Crippen molar-refractivity contribution in [1.82, 2.24) is 5.16 Å². The summed E-state index contributed by atoms with van der Waals surface area (Å²) in [6.45, 7) is 13.3. The third-order valence-corrected chi connectivity index (χ3v) is 4.62. The summed E-state index contributed by atoms with van der Waals surface area (Å²) in [5, 5.41) is 9.40. The second-order valence-corrected chi connectivity index (χ2v) is 7.98. The number of hydrogen-bond donors (Lipinski definition) is 2. The van der Waals surface area contributed by atoms with Crippen LogP contribution in [0.15, 0.2) is 28.8 Å². The maximum atomic E-state index is 13.0. The van der Waals surface area contributed by atoms with Gasteiger partial charge in [0.2, 0.25) is 11.8 Å². The number of aryl methyl sites for hydroxylation is 1. The number of hydrogen-bond acceptors (Lipinski definition) is 4. The van der Waals surface area contributed by atoms with E-state index in [9.17, 15) is 9.59 Å². The van der Waals surface area contributed by atoms with Crippen LogP contribution in [0, 0.1) is 12.3 Å². The molecule has 1 aromatic carbocycles. The Balaban J connectivity index is 2.28. The highest BCUT2D eigenvalue weighted by Crippen LogP contribution is 2.33. The number of aromatic nitrogens is 1. The number of para-hydroxylation sites is 1. The lowest BCUT2D eigenvalue weighted by atomic mass is 9.88. The van der Waals surface area contributed by atoms with E-state index in [-0.39, 0.29) is 17.7 Å². The largest absolute Gasteiger partial charge is 0.360 e. The first-order valence-electron chi connectivity index (χ1n) is 9.23. The summed E-state index contributed by atoms with van der Waals surface area (Å²) in [6.07, 6.45) is 0. The standard InChI is InChI=1S/C21H29N3O3/c1-12(2)15-9-8-10-16(13(3)4)18(15)23-20(26)21(6,7)19(25)22-17-11-14(5)27-24-17/h8-13H,1-7H3,(H,23,26)(H,22,24,25). The Labute approximate surface area is 160 Å². The van der Waals surface area contributed by atoms with Gasteiger partial charge in [-0.05, 0) is 43.7 Å². The summed E-state index contributed by atoms with van der Waals surface area (Å²) in [6, 6.07) is 7.64. The summed E-state index contributed by atoms with van der Waals surface area (Å²) >= 11 is 0. The Morgan fingerprint density at radius 3 is 1.96 bits per heavy atom. The van der Waals surface area contributed by atoms with Crippen molar-refractivity contribution in [2.45, 2.75) is 60.3 Å². The van der Waals surface area contributed by atoms with Crippen LogP contribution < -0.4 is 10.6 Å². The quantitative estimate of drug-likeness (QED) is 0.712. The minimum Gasteiger partial charge on any atom is -0.360 e. The van der Waals surface area contributed by atoms with Crippen molar-refractivity contribution in [3.05, 3.63) is 41.2 Å². The lowest BCUT2D eigenvalue weighted by Crippen LogP contribution is -2.42. The van der Waals surface area contributed by atoms with Crippen molar-refractivity contribution in [2.24, 2.45) is 5.41 Å². The molecule has 2 amide bonds. The maximum absolute atomic E-state index is 13.0. The lowest BCUT2D eigenvalue weighted by Gasteiger charge is -2.26. The monoisotopic (exact) mass is 371 g/mol. The van der Waals surface area contributed by atoms with Crippen LogP contribution in [0.4, 0.5) is 11.5 Å². The molecule has 0 spiro atoms. The van der Waals surface area contributed by atoms with Crippen LogP contribution in [0.2, 0.25) is 0 Å². The summed E-state index contributed by atoms with van der Waals surface area (Å²) in [4.78, 5) is 25.7. The van der Waals surface area contributed by atoms with Gasteiger partial charge in [0.25, 0.3) is 0 Å². The zero-order chi connectivity index (χ0) is 20.4. The van der Waals surface area contributed by atoms with Crippen LogP contribution >= 0.6 is 0 Å². The molecule has 0 aliphatic carbocycles. The van der Waals surface area contributed by atoms with Crippen LogP contribution in [0.5, 0.6) is 0 Å². The number of rotatable bonds is 6. The topological polar surface area (TPSA) is 84.2 Å². The predicted octanol–water partition coefficient (Wildman–Crippen LogP) is 4.83. The summed E-state index contributed by atoms with van der Waals surface area (Å²) in [5.41, 5.74) is 1.62. The van der Waals surface area contributed by atoms with Crippen LogP contribution in [0.3, 0.4) is 0 Å². The number of amides is 2. The Morgan fingerprint density at radius 1 is 1.00 bits per heavy atom. The van der Waals surface area contributed by atoms with E-state index >= 15 is 0 Å². The minimum absolute atomic E-state index is 0.244. The first kappa shape index (κ1) is 20.7. The lowest BCUT2D eigenvalue weighted by molar-refractivity contribution is -0.135. The molecule has 1 aromatic heterocycles. The number of nitrogens with one attached hydrogen (secondary N) is 2. The molecule has 6 heteroatoms. The molecular weight excluding hydrogens is 342 g/mol. The molecule has 0 saturated carbocycles. The van der Waals surface area contributed by atoms with Crippen molar-refractivity contribution >= 4 is 23.3 Å². The second-order valence-electron chi connectivity index (χ2n) is 7.98. The fourth-order valence-electron chi connectivity index (χ4n) is 2.77. The molecule has 2 aromatic rings. The molecule has 0 radical (unpaired) electrons. The molecular formula is C21H29N3O3. The van der Waals surface area contributed by atoms with Crippen LogP contribution in [-0.4, -0.2) is 17.0 Å². The van der Waals surface area contributed by atoms with Crippen LogP contribution in [0.1, 0.15) is 70.3 Å². The molecule has 6 nitrogen and oxygen atoms in total. The van der Waals surface area contributed by atoms with Gasteiger partial charge in [-0.25, -0.2) is 0 Å². The second kappa shape index (κ2) is 7.94. The van der Waals surface area contributed by atoms with Crippen molar-refractivity contribution in [3.8, 4) is 0 Å². The highest BCUT2D eigenvalue weighted by Gasteiger charge is 2.37. The van der Waals surface area contributed by atoms with E-state index in [0.717, 1.165) is 16.8 Å². The molecule has 0 atom stereocenters. The Kier molecular flexibility index (Phi) is 6.08. The molecule has 1 heterocycles. The molecule has 0 aliphatic rings. The zero-order valence-corrected chi connectivity index (χ0v) is 17.1. The van der Waals surface area contributed by atoms with Crippen LogP contribution in [0.25, 0.3) is 0 Å². The SMILES string of the molecule is Cc1cc(NC(=O)C(C)(C)C(=O)Nc2c(C(C)C)cccc2C(C)C)no1. The Hall–Kier alpha value is -2.63. The highest BCUT2D eigenvalue weighted by molar-refractivity contribution is 6.14. The molecule has 0 saturated heterocycles. The van der Waals surface area contributed by atoms with E-state index in [1.165, 1.54) is 0 Å². The molecule has 2 N–H and O–H groups in total. The average molecular weight is 371 g/mol. The third-order valence-electron chi connectivity index (χ3n) is 4.62. The molecule has 27 heavy (non-hydrogen) atoms. The van der Waals surface area contributed by atoms with E-state index in [0.29, 0.717) is 11.6 Å². The maximum Gasteiger partial charge on any atom is 0.240 e. The van der Waals surface area contributed by atoms with Crippen molar-refractivity contribution in [1.29, 1.82) is 0 Å². The number of benzene rings is 1. The minimum atomic E-state index is -1.29. The van der Waals surface area contributed by atoms with E-state index in [4.69, 9.17) is 4.52 Å². The van der Waals surface area contributed by atoms with Gasteiger partial charge in [-0.3, -0.25) is 9.59 Å². The highest BCUT2D eigenvalue weighted by atomic mass is 16.5. The van der Waals surface area contributed by atoms with E-state index in [1.54, 1.807) is 26.8 Å². The Bertz CT molecular complexity index is 809. The molecule has 0 bridgehead atoms. The van der Waals surface area contributed by atoms with E-state index < -0.39 is 11.3 Å². The van der Waals surface area contributed by atoms with E-state index in [2.05, 4.69) is 43.5 Å². The fraction of sp³-hybridized carbons (Fsp3) is 0.476. The molecule has 0 fully saturated rings. The smallest absolute Gasteiger partial charge is 0.240 e. The van der Waals surface area contributed by atoms with Gasteiger partial charge < -0.3 is 15.2 Å². The average Bonchev–Trinajstić information content (AvgIpc) is 2.99.